The SMILES string of the molecule is CC[C@H]1OC(=O)[C@H](C)[C@@H](OC(=O)Cc2ccccn2)[C@H](C)[C@@H](O[C@H]2O[C@@H](C)C[C@@H](N(C)CC)[C@@H]2O)[C@](C)(OC)C[C@@H](C)C(=O)[C@H](C)[C@H]2N(CCCCc3cccc4cnccc34)C(=O)O[C@]12C. The molecule has 6 rings (SSSR count). The minimum Gasteiger partial charge on any atom is -0.461 e. The summed E-state index contributed by atoms with van der Waals surface area (Å²) in [7, 11) is 3.47. The Bertz CT molecular complexity index is 2160. The average molecular weight is 931 g/mol. The zero-order valence-corrected chi connectivity index (χ0v) is 41.4. The van der Waals surface area contributed by atoms with E-state index in [2.05, 4.69) is 20.9 Å². The minimum atomic E-state index is -1.43. The molecule has 67 heavy (non-hydrogen) atoms. The first-order valence-corrected chi connectivity index (χ1v) is 24.3. The van der Waals surface area contributed by atoms with Crippen LogP contribution in [0.3, 0.4) is 0 Å². The average Bonchev–Trinajstić information content (AvgIpc) is 3.58. The van der Waals surface area contributed by atoms with E-state index in [-0.39, 0.29) is 37.2 Å². The van der Waals surface area contributed by atoms with Crippen LogP contribution in [0.4, 0.5) is 4.79 Å². The summed E-state index contributed by atoms with van der Waals surface area (Å²) in [6, 6.07) is 12.3. The Morgan fingerprint density at radius 3 is 2.43 bits per heavy atom. The van der Waals surface area contributed by atoms with Gasteiger partial charge in [0.25, 0.3) is 0 Å². The van der Waals surface area contributed by atoms with Gasteiger partial charge in [0.05, 0.1) is 41.9 Å². The first kappa shape index (κ1) is 51.8. The van der Waals surface area contributed by atoms with Gasteiger partial charge in [-0.3, -0.25) is 24.4 Å². The Kier molecular flexibility index (Phi) is 17.2. The molecule has 2 aromatic heterocycles. The first-order valence-electron chi connectivity index (χ1n) is 24.3. The molecule has 3 saturated heterocycles. The largest absolute Gasteiger partial charge is 0.461 e. The highest BCUT2D eigenvalue weighted by atomic mass is 16.7. The number of benzene rings is 1. The molecule has 3 aliphatic heterocycles. The van der Waals surface area contributed by atoms with Gasteiger partial charge in [0.15, 0.2) is 11.9 Å². The number of aliphatic hydroxyl groups excluding tert-OH is 1. The maximum atomic E-state index is 15.1. The van der Waals surface area contributed by atoms with Crippen molar-refractivity contribution in [2.75, 3.05) is 27.2 Å². The number of carbonyl (C=O) groups excluding carboxylic acids is 4. The Morgan fingerprint density at radius 1 is 0.985 bits per heavy atom. The third-order valence-corrected chi connectivity index (χ3v) is 14.9. The highest BCUT2D eigenvalue weighted by Crippen LogP contribution is 2.44. The van der Waals surface area contributed by atoms with Crippen molar-refractivity contribution < 1.29 is 52.7 Å². The zero-order valence-electron chi connectivity index (χ0n) is 41.4. The summed E-state index contributed by atoms with van der Waals surface area (Å²) in [6.07, 6.45) is 1.90. The fraction of sp³-hybridized carbons (Fsp3) is 0.654. The van der Waals surface area contributed by atoms with E-state index in [1.165, 1.54) is 12.7 Å². The molecule has 3 aromatic rings. The number of aryl methyl sites for hydroxylation is 1. The van der Waals surface area contributed by atoms with Gasteiger partial charge in [-0.2, -0.15) is 0 Å². The van der Waals surface area contributed by atoms with E-state index in [4.69, 9.17) is 28.4 Å². The van der Waals surface area contributed by atoms with Crippen LogP contribution in [0.2, 0.25) is 0 Å². The van der Waals surface area contributed by atoms with Crippen molar-refractivity contribution in [3.05, 3.63) is 72.3 Å². The summed E-state index contributed by atoms with van der Waals surface area (Å²) in [6.45, 7) is 17.5. The van der Waals surface area contributed by atoms with Crippen molar-refractivity contribution in [2.24, 2.45) is 23.7 Å². The number of methoxy groups -OCH3 is 1. The topological polar surface area (TPSA) is 176 Å². The predicted molar refractivity (Wildman–Crippen MR) is 252 cm³/mol. The number of hydrogen-bond acceptors (Lipinski definition) is 14. The lowest BCUT2D eigenvalue weighted by atomic mass is 9.73. The van der Waals surface area contributed by atoms with Crippen molar-refractivity contribution >= 4 is 34.6 Å². The van der Waals surface area contributed by atoms with Crippen molar-refractivity contribution in [2.45, 2.75) is 167 Å². The second-order valence-electron chi connectivity index (χ2n) is 19.6. The molecule has 5 heterocycles. The highest BCUT2D eigenvalue weighted by Gasteiger charge is 2.60. The monoisotopic (exact) mass is 931 g/mol. The maximum Gasteiger partial charge on any atom is 0.410 e. The molecular formula is C52H74N4O11. The number of rotatable bonds is 14. The molecule has 0 aliphatic carbocycles. The van der Waals surface area contributed by atoms with Crippen LogP contribution in [0.25, 0.3) is 10.8 Å². The molecular weight excluding hydrogens is 857 g/mol. The second-order valence-corrected chi connectivity index (χ2v) is 19.6. The number of aromatic nitrogens is 2. The summed E-state index contributed by atoms with van der Waals surface area (Å²) in [5, 5.41) is 14.1. The molecule has 0 unspecified atom stereocenters. The van der Waals surface area contributed by atoms with E-state index in [9.17, 15) is 19.5 Å². The van der Waals surface area contributed by atoms with Gasteiger partial charge >= 0.3 is 18.0 Å². The van der Waals surface area contributed by atoms with Gasteiger partial charge in [0.1, 0.15) is 24.1 Å². The Morgan fingerprint density at radius 2 is 1.75 bits per heavy atom. The number of nitrogens with zero attached hydrogens (tertiary/aromatic N) is 4. The lowest BCUT2D eigenvalue weighted by Gasteiger charge is -2.48. The third-order valence-electron chi connectivity index (χ3n) is 14.9. The van der Waals surface area contributed by atoms with Crippen LogP contribution < -0.4 is 0 Å². The number of fused-ring (bicyclic) bond motifs is 2. The summed E-state index contributed by atoms with van der Waals surface area (Å²) < 4.78 is 38.8. The molecule has 1 aromatic carbocycles. The number of pyridine rings is 2. The number of cyclic esters (lactones) is 1. The van der Waals surface area contributed by atoms with Crippen molar-refractivity contribution in [3.8, 4) is 0 Å². The smallest absolute Gasteiger partial charge is 0.410 e. The van der Waals surface area contributed by atoms with Gasteiger partial charge in [-0.05, 0) is 109 Å². The number of ether oxygens (including phenoxy) is 6. The maximum absolute atomic E-state index is 15.1. The van der Waals surface area contributed by atoms with Gasteiger partial charge in [-0.1, -0.05) is 58.9 Å². The molecule has 0 radical (unpaired) electrons. The number of aliphatic hydroxyl groups is 1. The number of esters is 2. The van der Waals surface area contributed by atoms with E-state index in [0.29, 0.717) is 31.6 Å². The molecule has 0 bridgehead atoms. The molecule has 1 N–H and O–H groups in total. The first-order chi connectivity index (χ1) is 31.9. The van der Waals surface area contributed by atoms with Crippen LogP contribution in [-0.2, 0) is 55.6 Å². The minimum absolute atomic E-state index is 0.127. The standard InChI is InChI=1S/C52H74N4O11/c1-12-41-52(9)46(56(50(61)67-52)26-17-15-19-36-20-18-21-37-30-53-25-23-39(36)37)33(5)43(58)31(3)29-51(8,62-11)47(66-49-44(59)40(55(10)13-2)27-32(4)63-49)34(6)45(35(7)48(60)64-41)65-42(57)28-38-22-14-16-24-54-38/h14,16,18,20-25,30-35,40-41,44-47,49,59H,12-13,15,17,19,26-29H2,1-11H3/t31-,32+,33+,34+,35-,40-,41-,44+,45+,46-,47-,49-,51-,52-/m1/s1. The van der Waals surface area contributed by atoms with Crippen molar-refractivity contribution in [3.63, 3.8) is 0 Å². The van der Waals surface area contributed by atoms with E-state index in [1.54, 1.807) is 49.3 Å². The van der Waals surface area contributed by atoms with Gasteiger partial charge < -0.3 is 43.3 Å². The molecule has 3 fully saturated rings. The molecule has 0 spiro atoms. The molecule has 3 aliphatic rings. The van der Waals surface area contributed by atoms with Crippen LogP contribution in [0.15, 0.2) is 61.1 Å². The lowest BCUT2D eigenvalue weighted by Crippen LogP contribution is -2.61. The molecule has 15 nitrogen and oxygen atoms in total. The number of amides is 1. The number of likely N-dealkylation sites (N-methyl/N-ethyl adjacent to an activating group) is 1. The normalized spacial score (nSPS) is 34.3. The van der Waals surface area contributed by atoms with Crippen molar-refractivity contribution in [1.29, 1.82) is 0 Å². The summed E-state index contributed by atoms with van der Waals surface area (Å²) in [5.41, 5.74) is -1.06. The second kappa shape index (κ2) is 22.3. The number of unbranched alkanes of at least 4 members (excludes halogenated alkanes) is 1. The molecule has 14 atom stereocenters. The summed E-state index contributed by atoms with van der Waals surface area (Å²) >= 11 is 0. The van der Waals surface area contributed by atoms with Crippen LogP contribution in [0.1, 0.15) is 106 Å². The highest BCUT2D eigenvalue weighted by molar-refractivity contribution is 5.86. The van der Waals surface area contributed by atoms with Gasteiger partial charge in [-0.25, -0.2) is 4.79 Å². The number of ketones is 1. The number of hydrogen-bond donors (Lipinski definition) is 1. The van der Waals surface area contributed by atoms with Gasteiger partial charge in [0.2, 0.25) is 0 Å². The van der Waals surface area contributed by atoms with E-state index in [0.717, 1.165) is 23.6 Å². The molecule has 0 saturated carbocycles. The lowest BCUT2D eigenvalue weighted by molar-refractivity contribution is -0.302. The Balaban J connectivity index is 1.37. The van der Waals surface area contributed by atoms with Crippen molar-refractivity contribution in [1.82, 2.24) is 19.8 Å². The fourth-order valence-electron chi connectivity index (χ4n) is 11.1. The number of carbonyl (C=O) groups is 4. The van der Waals surface area contributed by atoms with Gasteiger partial charge in [0, 0.05) is 61.4 Å². The van der Waals surface area contributed by atoms with E-state index < -0.39 is 89.7 Å². The number of Topliss-reactive ketones (excluding diaryl/α,β-unsaturated/α-hetero) is 1. The fourth-order valence-corrected chi connectivity index (χ4v) is 11.1. The quantitative estimate of drug-likeness (QED) is 0.0982. The zero-order chi connectivity index (χ0) is 48.8. The van der Waals surface area contributed by atoms with Crippen LogP contribution in [0, 0.1) is 23.7 Å². The van der Waals surface area contributed by atoms with Gasteiger partial charge in [-0.15, -0.1) is 0 Å². The van der Waals surface area contributed by atoms with Crippen LogP contribution >= 0.6 is 0 Å². The molecule has 15 heteroatoms. The Labute approximate surface area is 396 Å². The van der Waals surface area contributed by atoms with E-state index in [1.807, 2.05) is 79.9 Å². The molecule has 368 valence electrons. The predicted octanol–water partition coefficient (Wildman–Crippen LogP) is 7.13. The Hall–Kier alpha value is -4.54. The summed E-state index contributed by atoms with van der Waals surface area (Å²) in [5.74, 6) is -4.79. The molecule has 1 amide bonds. The van der Waals surface area contributed by atoms with Crippen LogP contribution in [0.5, 0.6) is 0 Å². The third kappa shape index (κ3) is 11.3. The van der Waals surface area contributed by atoms with Crippen LogP contribution in [-0.4, -0.2) is 136 Å². The van der Waals surface area contributed by atoms with E-state index >= 15 is 4.79 Å². The summed E-state index contributed by atoms with van der Waals surface area (Å²) in [4.78, 5) is 70.2.